The second kappa shape index (κ2) is 8.89. The molecule has 1 saturated carbocycles. The SMILES string of the molecule is Cl.Cn1c(N2CCC(Oc3ccc(Cl)cc3Cl)CC2)nnc1C1(c2ccccc2)CC1. The summed E-state index contributed by atoms with van der Waals surface area (Å²) in [5.74, 6) is 2.70. The number of ether oxygens (including phenoxy) is 1. The normalized spacial score (nSPS) is 17.8. The van der Waals surface area contributed by atoms with Crippen LogP contribution in [-0.2, 0) is 12.5 Å². The molecule has 31 heavy (non-hydrogen) atoms. The van der Waals surface area contributed by atoms with Gasteiger partial charge < -0.3 is 9.64 Å². The Labute approximate surface area is 198 Å². The third-order valence-electron chi connectivity index (χ3n) is 6.27. The lowest BCUT2D eigenvalue weighted by molar-refractivity contribution is 0.170. The predicted molar refractivity (Wildman–Crippen MR) is 127 cm³/mol. The first-order valence-electron chi connectivity index (χ1n) is 10.4. The molecule has 8 heteroatoms. The van der Waals surface area contributed by atoms with Crippen LogP contribution < -0.4 is 9.64 Å². The maximum Gasteiger partial charge on any atom is 0.226 e. The van der Waals surface area contributed by atoms with Crippen molar-refractivity contribution in [1.82, 2.24) is 14.8 Å². The largest absolute Gasteiger partial charge is 0.489 e. The fourth-order valence-electron chi connectivity index (χ4n) is 4.46. The van der Waals surface area contributed by atoms with Crippen LogP contribution in [-0.4, -0.2) is 34.0 Å². The smallest absolute Gasteiger partial charge is 0.226 e. The van der Waals surface area contributed by atoms with Crippen LogP contribution >= 0.6 is 35.6 Å². The molecule has 3 aromatic rings. The molecule has 1 saturated heterocycles. The molecule has 0 atom stereocenters. The third kappa shape index (κ3) is 4.23. The van der Waals surface area contributed by atoms with Crippen LogP contribution in [0.1, 0.15) is 37.1 Å². The highest BCUT2D eigenvalue weighted by Crippen LogP contribution is 2.53. The summed E-state index contributed by atoms with van der Waals surface area (Å²) in [5, 5.41) is 10.4. The van der Waals surface area contributed by atoms with Gasteiger partial charge in [0.1, 0.15) is 17.7 Å². The Balaban J connectivity index is 0.00000231. The van der Waals surface area contributed by atoms with Gasteiger partial charge in [0, 0.05) is 38.0 Å². The number of rotatable bonds is 5. The highest BCUT2D eigenvalue weighted by molar-refractivity contribution is 6.35. The zero-order valence-electron chi connectivity index (χ0n) is 17.3. The molecule has 0 bridgehead atoms. The van der Waals surface area contributed by atoms with E-state index in [1.165, 1.54) is 5.56 Å². The van der Waals surface area contributed by atoms with E-state index in [1.807, 2.05) is 6.07 Å². The lowest BCUT2D eigenvalue weighted by Crippen LogP contribution is -2.39. The molecule has 2 aliphatic rings. The third-order valence-corrected chi connectivity index (χ3v) is 6.80. The van der Waals surface area contributed by atoms with E-state index >= 15 is 0 Å². The van der Waals surface area contributed by atoms with Crippen molar-refractivity contribution < 1.29 is 4.74 Å². The molecule has 0 spiro atoms. The van der Waals surface area contributed by atoms with Crippen LogP contribution in [0.5, 0.6) is 5.75 Å². The molecule has 164 valence electrons. The van der Waals surface area contributed by atoms with Crippen LogP contribution in [0.3, 0.4) is 0 Å². The van der Waals surface area contributed by atoms with Crippen molar-refractivity contribution in [3.63, 3.8) is 0 Å². The molecule has 2 aromatic carbocycles. The summed E-state index contributed by atoms with van der Waals surface area (Å²) in [6.45, 7) is 1.75. The molecular formula is C23H25Cl3N4O. The van der Waals surface area contributed by atoms with Crippen molar-refractivity contribution >= 4 is 41.6 Å². The average molecular weight is 480 g/mol. The predicted octanol–water partition coefficient (Wildman–Crippen LogP) is 5.67. The number of nitrogens with zero attached hydrogens (tertiary/aromatic N) is 4. The summed E-state index contributed by atoms with van der Waals surface area (Å²) >= 11 is 12.2. The van der Waals surface area contributed by atoms with Crippen LogP contribution in [0.15, 0.2) is 48.5 Å². The second-order valence-corrected chi connectivity index (χ2v) is 9.05. The Morgan fingerprint density at radius 3 is 2.35 bits per heavy atom. The molecule has 1 aliphatic heterocycles. The van der Waals surface area contributed by atoms with Crippen molar-refractivity contribution in [2.75, 3.05) is 18.0 Å². The van der Waals surface area contributed by atoms with E-state index in [2.05, 4.69) is 57.0 Å². The average Bonchev–Trinajstić information content (AvgIpc) is 3.48. The van der Waals surface area contributed by atoms with Gasteiger partial charge in [-0.3, -0.25) is 4.57 Å². The van der Waals surface area contributed by atoms with Crippen LogP contribution in [0.2, 0.25) is 10.0 Å². The molecule has 5 rings (SSSR count). The van der Waals surface area contributed by atoms with Crippen LogP contribution in [0.4, 0.5) is 5.95 Å². The lowest BCUT2D eigenvalue weighted by atomic mass is 9.95. The molecule has 2 fully saturated rings. The first-order valence-corrected chi connectivity index (χ1v) is 11.1. The molecule has 0 N–H and O–H groups in total. The van der Waals surface area contributed by atoms with E-state index < -0.39 is 0 Å². The van der Waals surface area contributed by atoms with Crippen LogP contribution in [0, 0.1) is 0 Å². The summed E-state index contributed by atoms with van der Waals surface area (Å²) in [4.78, 5) is 2.31. The molecule has 2 heterocycles. The van der Waals surface area contributed by atoms with E-state index in [4.69, 9.17) is 27.9 Å². The first-order chi connectivity index (χ1) is 14.6. The fourth-order valence-corrected chi connectivity index (χ4v) is 4.91. The van der Waals surface area contributed by atoms with Crippen molar-refractivity contribution in [2.45, 2.75) is 37.2 Å². The number of benzene rings is 2. The van der Waals surface area contributed by atoms with Crippen molar-refractivity contribution in [1.29, 1.82) is 0 Å². The number of hydrogen-bond acceptors (Lipinski definition) is 4. The fraction of sp³-hybridized carbons (Fsp3) is 0.391. The zero-order valence-corrected chi connectivity index (χ0v) is 19.6. The Bertz CT molecular complexity index is 1040. The van der Waals surface area contributed by atoms with Gasteiger partial charge in [-0.2, -0.15) is 0 Å². The van der Waals surface area contributed by atoms with E-state index in [9.17, 15) is 0 Å². The molecule has 1 aliphatic carbocycles. The maximum atomic E-state index is 6.25. The molecular weight excluding hydrogens is 455 g/mol. The van der Waals surface area contributed by atoms with E-state index in [0.717, 1.165) is 50.5 Å². The first kappa shape index (κ1) is 22.3. The standard InChI is InChI=1S/C23H24Cl2N4O.ClH/c1-28-21(23(11-12-23)16-5-3-2-4-6-16)26-27-22(28)29-13-9-18(10-14-29)30-20-8-7-17(24)15-19(20)25;/h2-8,15,18H,9-14H2,1H3;1H. The number of halogens is 3. The Morgan fingerprint density at radius 1 is 1.00 bits per heavy atom. The van der Waals surface area contributed by atoms with Gasteiger partial charge in [-0.1, -0.05) is 53.5 Å². The molecule has 1 aromatic heterocycles. The Morgan fingerprint density at radius 2 is 1.71 bits per heavy atom. The van der Waals surface area contributed by atoms with E-state index in [1.54, 1.807) is 12.1 Å². The Hall–Kier alpha value is -1.95. The highest BCUT2D eigenvalue weighted by atomic mass is 35.5. The van der Waals surface area contributed by atoms with Crippen molar-refractivity contribution in [3.05, 3.63) is 70.0 Å². The van der Waals surface area contributed by atoms with Crippen molar-refractivity contribution in [3.8, 4) is 5.75 Å². The lowest BCUT2D eigenvalue weighted by Gasteiger charge is -2.32. The van der Waals surface area contributed by atoms with Gasteiger partial charge in [-0.25, -0.2) is 0 Å². The second-order valence-electron chi connectivity index (χ2n) is 8.21. The highest BCUT2D eigenvalue weighted by Gasteiger charge is 2.50. The number of piperidine rings is 1. The summed E-state index contributed by atoms with van der Waals surface area (Å²) < 4.78 is 8.30. The monoisotopic (exact) mass is 478 g/mol. The maximum absolute atomic E-state index is 6.25. The molecule has 0 unspecified atom stereocenters. The minimum atomic E-state index is 0. The number of hydrogen-bond donors (Lipinski definition) is 0. The van der Waals surface area contributed by atoms with E-state index in [0.29, 0.717) is 15.8 Å². The van der Waals surface area contributed by atoms with Gasteiger partial charge in [0.25, 0.3) is 0 Å². The summed E-state index contributed by atoms with van der Waals surface area (Å²) in [6.07, 6.45) is 4.20. The summed E-state index contributed by atoms with van der Waals surface area (Å²) in [6, 6.07) is 16.0. The quantitative estimate of drug-likeness (QED) is 0.473. The van der Waals surface area contributed by atoms with Crippen LogP contribution in [0.25, 0.3) is 0 Å². The van der Waals surface area contributed by atoms with Gasteiger partial charge >= 0.3 is 0 Å². The molecule has 5 nitrogen and oxygen atoms in total. The molecule has 0 radical (unpaired) electrons. The van der Waals surface area contributed by atoms with Gasteiger partial charge in [-0.05, 0) is 36.6 Å². The number of aromatic nitrogens is 3. The topological polar surface area (TPSA) is 43.2 Å². The minimum Gasteiger partial charge on any atom is -0.489 e. The van der Waals surface area contributed by atoms with Gasteiger partial charge in [0.15, 0.2) is 0 Å². The zero-order chi connectivity index (χ0) is 20.7. The summed E-state index contributed by atoms with van der Waals surface area (Å²) in [7, 11) is 2.09. The minimum absolute atomic E-state index is 0. The van der Waals surface area contributed by atoms with Gasteiger partial charge in [0.2, 0.25) is 5.95 Å². The van der Waals surface area contributed by atoms with Crippen molar-refractivity contribution in [2.24, 2.45) is 7.05 Å². The Kier molecular flexibility index (Phi) is 6.38. The van der Waals surface area contributed by atoms with Gasteiger partial charge in [-0.15, -0.1) is 22.6 Å². The van der Waals surface area contributed by atoms with Gasteiger partial charge in [0.05, 0.1) is 10.4 Å². The van der Waals surface area contributed by atoms with E-state index in [-0.39, 0.29) is 23.9 Å². The molecule has 0 amide bonds. The number of anilines is 1. The summed E-state index contributed by atoms with van der Waals surface area (Å²) in [5.41, 5.74) is 1.35.